The Balaban J connectivity index is 0.00000480. The van der Waals surface area contributed by atoms with Gasteiger partial charge in [0.2, 0.25) is 5.91 Å². The van der Waals surface area contributed by atoms with Gasteiger partial charge in [-0.05, 0) is 31.0 Å². The molecule has 2 N–H and O–H groups in total. The molecule has 1 aromatic rings. The fourth-order valence-corrected chi connectivity index (χ4v) is 3.22. The van der Waals surface area contributed by atoms with Crippen molar-refractivity contribution in [3.8, 4) is 5.75 Å². The smallest absolute Gasteiger partial charge is 0.219 e. The van der Waals surface area contributed by atoms with Gasteiger partial charge in [-0.25, -0.2) is 4.99 Å². The van der Waals surface area contributed by atoms with Crippen molar-refractivity contribution in [3.05, 3.63) is 29.8 Å². The number of ether oxygens (including phenoxy) is 2. The highest BCUT2D eigenvalue weighted by Gasteiger charge is 2.17. The van der Waals surface area contributed by atoms with Crippen molar-refractivity contribution in [2.45, 2.75) is 26.8 Å². The predicted molar refractivity (Wildman–Crippen MR) is 135 cm³/mol. The summed E-state index contributed by atoms with van der Waals surface area (Å²) in [7, 11) is 1.67. The predicted octanol–water partition coefficient (Wildman–Crippen LogP) is 1.94. The van der Waals surface area contributed by atoms with Crippen LogP contribution in [0.4, 0.5) is 0 Å². The molecule has 0 bridgehead atoms. The van der Waals surface area contributed by atoms with Gasteiger partial charge in [0.1, 0.15) is 5.75 Å². The molecule has 0 unspecified atom stereocenters. The average molecular weight is 547 g/mol. The fraction of sp³-hybridized carbons (Fsp3) is 0.636. The number of hydrogen-bond donors (Lipinski definition) is 2. The molecule has 1 fully saturated rings. The van der Waals surface area contributed by atoms with Crippen LogP contribution in [0.1, 0.15) is 25.8 Å². The van der Waals surface area contributed by atoms with Crippen molar-refractivity contribution in [1.29, 1.82) is 0 Å². The molecule has 0 spiro atoms. The van der Waals surface area contributed by atoms with E-state index in [0.717, 1.165) is 82.7 Å². The summed E-state index contributed by atoms with van der Waals surface area (Å²) in [4.78, 5) is 20.5. The molecule has 0 aliphatic carbocycles. The van der Waals surface area contributed by atoms with Crippen molar-refractivity contribution in [2.75, 3.05) is 66.1 Å². The van der Waals surface area contributed by atoms with Crippen LogP contribution >= 0.6 is 24.0 Å². The average Bonchev–Trinajstić information content (AvgIpc) is 2.77. The zero-order chi connectivity index (χ0) is 21.6. The third-order valence-electron chi connectivity index (χ3n) is 5.08. The number of hydrogen-bond acceptors (Lipinski definition) is 5. The molecule has 8 nitrogen and oxygen atoms in total. The topological polar surface area (TPSA) is 78.4 Å². The van der Waals surface area contributed by atoms with Crippen molar-refractivity contribution in [2.24, 2.45) is 4.99 Å². The van der Waals surface area contributed by atoms with Gasteiger partial charge in [0, 0.05) is 66.0 Å². The zero-order valence-electron chi connectivity index (χ0n) is 19.1. The van der Waals surface area contributed by atoms with Crippen LogP contribution in [0.2, 0.25) is 0 Å². The van der Waals surface area contributed by atoms with Crippen LogP contribution in [-0.4, -0.2) is 87.8 Å². The van der Waals surface area contributed by atoms with E-state index in [9.17, 15) is 4.79 Å². The summed E-state index contributed by atoms with van der Waals surface area (Å²) < 4.78 is 10.6. The van der Waals surface area contributed by atoms with E-state index in [-0.39, 0.29) is 29.9 Å². The first kappa shape index (κ1) is 27.4. The molecule has 9 heteroatoms. The van der Waals surface area contributed by atoms with E-state index in [1.54, 1.807) is 14.0 Å². The van der Waals surface area contributed by atoms with Crippen LogP contribution < -0.4 is 15.4 Å². The highest BCUT2D eigenvalue weighted by Crippen LogP contribution is 2.11. The van der Waals surface area contributed by atoms with E-state index in [1.807, 2.05) is 36.1 Å². The van der Waals surface area contributed by atoms with Crippen LogP contribution in [0.3, 0.4) is 0 Å². The highest BCUT2D eigenvalue weighted by atomic mass is 127. The number of aliphatic imine (C=N–C) groups is 1. The zero-order valence-corrected chi connectivity index (χ0v) is 21.4. The lowest BCUT2D eigenvalue weighted by molar-refractivity contribution is -0.130. The molecule has 2 rings (SSSR count). The molecule has 1 amide bonds. The van der Waals surface area contributed by atoms with Gasteiger partial charge in [-0.2, -0.15) is 0 Å². The number of nitrogens with zero attached hydrogens (tertiary/aromatic N) is 3. The Morgan fingerprint density at radius 1 is 1.10 bits per heavy atom. The van der Waals surface area contributed by atoms with Gasteiger partial charge in [-0.15, -0.1) is 24.0 Å². The van der Waals surface area contributed by atoms with Crippen LogP contribution in [-0.2, 0) is 16.1 Å². The number of halogens is 1. The second-order valence-corrected chi connectivity index (χ2v) is 7.26. The van der Waals surface area contributed by atoms with E-state index in [4.69, 9.17) is 14.5 Å². The molecule has 0 saturated carbocycles. The summed E-state index contributed by atoms with van der Waals surface area (Å²) in [5, 5.41) is 6.83. The van der Waals surface area contributed by atoms with Gasteiger partial charge in [0.25, 0.3) is 0 Å². The summed E-state index contributed by atoms with van der Waals surface area (Å²) in [5.74, 6) is 1.82. The van der Waals surface area contributed by atoms with Crippen LogP contribution in [0.5, 0.6) is 5.75 Å². The van der Waals surface area contributed by atoms with Gasteiger partial charge >= 0.3 is 0 Å². The maximum Gasteiger partial charge on any atom is 0.219 e. The largest absolute Gasteiger partial charge is 0.497 e. The number of rotatable bonds is 11. The lowest BCUT2D eigenvalue weighted by atomic mass is 10.2. The number of carbonyl (C=O) groups excluding carboxylic acids is 1. The minimum absolute atomic E-state index is 0. The van der Waals surface area contributed by atoms with Gasteiger partial charge in [0.15, 0.2) is 5.96 Å². The molecule has 176 valence electrons. The van der Waals surface area contributed by atoms with E-state index in [0.29, 0.717) is 6.54 Å². The third-order valence-corrected chi connectivity index (χ3v) is 5.08. The number of piperazine rings is 1. The monoisotopic (exact) mass is 547 g/mol. The minimum Gasteiger partial charge on any atom is -0.497 e. The summed E-state index contributed by atoms with van der Waals surface area (Å²) in [5.41, 5.74) is 1.13. The van der Waals surface area contributed by atoms with Crippen LogP contribution in [0, 0.1) is 0 Å². The van der Waals surface area contributed by atoms with E-state index in [2.05, 4.69) is 15.5 Å². The molecule has 0 aromatic heterocycles. The lowest BCUT2D eigenvalue weighted by Gasteiger charge is -2.34. The first-order valence-corrected chi connectivity index (χ1v) is 10.8. The maximum absolute atomic E-state index is 11.5. The second kappa shape index (κ2) is 16.1. The maximum atomic E-state index is 11.5. The number of methoxy groups -OCH3 is 1. The Hall–Kier alpha value is -1.59. The second-order valence-electron chi connectivity index (χ2n) is 7.26. The molecule has 1 aromatic carbocycles. The van der Waals surface area contributed by atoms with Crippen molar-refractivity contribution in [3.63, 3.8) is 0 Å². The molecule has 31 heavy (non-hydrogen) atoms. The minimum atomic E-state index is 0. The number of amides is 1. The number of benzene rings is 1. The first-order valence-electron chi connectivity index (χ1n) is 10.8. The molecule has 1 saturated heterocycles. The molecule has 1 aliphatic heterocycles. The van der Waals surface area contributed by atoms with Gasteiger partial charge in [-0.3, -0.25) is 9.69 Å². The standard InChI is InChI=1S/C22H37N5O3.HI/c1-4-30-17-5-10-23-22(25-18-20-6-8-21(29-3)9-7-20)24-11-12-26-13-15-27(16-14-26)19(2)28;/h6-9H,4-5,10-18H2,1-3H3,(H2,23,24,25);1H. The van der Waals surface area contributed by atoms with Crippen molar-refractivity contribution >= 4 is 35.8 Å². The van der Waals surface area contributed by atoms with Crippen molar-refractivity contribution in [1.82, 2.24) is 20.4 Å². The summed E-state index contributed by atoms with van der Waals surface area (Å²) in [6, 6.07) is 7.97. The number of nitrogens with one attached hydrogen (secondary N) is 2. The van der Waals surface area contributed by atoms with Crippen LogP contribution in [0.25, 0.3) is 0 Å². The summed E-state index contributed by atoms with van der Waals surface area (Å²) in [6.07, 6.45) is 0.935. The Bertz CT molecular complexity index is 649. The van der Waals surface area contributed by atoms with Gasteiger partial charge in [0.05, 0.1) is 13.7 Å². The Morgan fingerprint density at radius 3 is 2.39 bits per heavy atom. The molecule has 0 atom stereocenters. The number of carbonyl (C=O) groups is 1. The molecule has 0 radical (unpaired) electrons. The molecule has 1 heterocycles. The highest BCUT2D eigenvalue weighted by molar-refractivity contribution is 14.0. The Labute approximate surface area is 203 Å². The first-order chi connectivity index (χ1) is 14.6. The summed E-state index contributed by atoms with van der Waals surface area (Å²) >= 11 is 0. The lowest BCUT2D eigenvalue weighted by Crippen LogP contribution is -2.50. The number of guanidine groups is 1. The third kappa shape index (κ3) is 11.0. The van der Waals surface area contributed by atoms with Crippen molar-refractivity contribution < 1.29 is 14.3 Å². The quantitative estimate of drug-likeness (QED) is 0.191. The van der Waals surface area contributed by atoms with E-state index >= 15 is 0 Å². The van der Waals surface area contributed by atoms with Crippen LogP contribution in [0.15, 0.2) is 29.3 Å². The Kier molecular flexibility index (Phi) is 14.3. The molecular weight excluding hydrogens is 509 g/mol. The summed E-state index contributed by atoms with van der Waals surface area (Å²) in [6.45, 7) is 11.7. The van der Waals surface area contributed by atoms with E-state index in [1.165, 1.54) is 0 Å². The van der Waals surface area contributed by atoms with E-state index < -0.39 is 0 Å². The normalized spacial score (nSPS) is 14.7. The Morgan fingerprint density at radius 2 is 1.77 bits per heavy atom. The van der Waals surface area contributed by atoms with Gasteiger partial charge < -0.3 is 25.0 Å². The SMILES string of the molecule is CCOCCCNC(=NCc1ccc(OC)cc1)NCCN1CCN(C(C)=O)CC1.I. The molecule has 1 aliphatic rings. The van der Waals surface area contributed by atoms with Gasteiger partial charge in [-0.1, -0.05) is 12.1 Å². The fourth-order valence-electron chi connectivity index (χ4n) is 3.22. The molecular formula is C22H38IN5O3.